The fraction of sp³-hybridized carbons (Fsp3) is 0.900. The second-order valence-electron chi connectivity index (χ2n) is 4.38. The molecule has 94 valence electrons. The van der Waals surface area contributed by atoms with Gasteiger partial charge in [0.05, 0.1) is 0 Å². The molecular weight excluding hydrogens is 221 g/mol. The van der Waals surface area contributed by atoms with Gasteiger partial charge in [0.15, 0.2) is 0 Å². The highest BCUT2D eigenvalue weighted by Gasteiger charge is 2.40. The summed E-state index contributed by atoms with van der Waals surface area (Å²) in [5, 5.41) is 0. The molecule has 3 nitrogen and oxygen atoms in total. The lowest BCUT2D eigenvalue weighted by molar-refractivity contribution is -0.162. The van der Waals surface area contributed by atoms with Crippen molar-refractivity contribution in [2.75, 3.05) is 6.54 Å². The van der Waals surface area contributed by atoms with Crippen LogP contribution in [0.2, 0.25) is 0 Å². The minimum Gasteiger partial charge on any atom is -0.331 e. The van der Waals surface area contributed by atoms with Gasteiger partial charge in [-0.15, -0.1) is 0 Å². The summed E-state index contributed by atoms with van der Waals surface area (Å²) in [4.78, 5) is 12.5. The van der Waals surface area contributed by atoms with Gasteiger partial charge in [-0.05, 0) is 26.2 Å². The molecule has 1 rings (SSSR count). The van der Waals surface area contributed by atoms with Crippen molar-refractivity contribution in [3.8, 4) is 0 Å². The highest BCUT2D eigenvalue weighted by molar-refractivity contribution is 5.77. The number of amides is 1. The van der Waals surface area contributed by atoms with Gasteiger partial charge in [-0.1, -0.05) is 0 Å². The average molecular weight is 238 g/mol. The number of hydrogen-bond donors (Lipinski definition) is 1. The molecule has 0 aromatic carbocycles. The molecule has 0 heterocycles. The van der Waals surface area contributed by atoms with Crippen LogP contribution in [0.4, 0.5) is 13.2 Å². The number of hydrogen-bond acceptors (Lipinski definition) is 2. The van der Waals surface area contributed by atoms with Gasteiger partial charge in [0.1, 0.15) is 6.54 Å². The molecule has 1 fully saturated rings. The Morgan fingerprint density at radius 1 is 1.50 bits per heavy atom. The van der Waals surface area contributed by atoms with Crippen LogP contribution in [0.3, 0.4) is 0 Å². The van der Waals surface area contributed by atoms with Gasteiger partial charge >= 0.3 is 6.18 Å². The van der Waals surface area contributed by atoms with Crippen LogP contribution in [0.25, 0.3) is 0 Å². The Labute approximate surface area is 92.8 Å². The van der Waals surface area contributed by atoms with E-state index in [2.05, 4.69) is 0 Å². The van der Waals surface area contributed by atoms with Gasteiger partial charge in [0, 0.05) is 18.5 Å². The van der Waals surface area contributed by atoms with Crippen molar-refractivity contribution in [3.05, 3.63) is 0 Å². The Morgan fingerprint density at radius 2 is 2.06 bits per heavy atom. The molecule has 0 radical (unpaired) electrons. The molecule has 0 bridgehead atoms. The highest BCUT2D eigenvalue weighted by atomic mass is 19.4. The standard InChI is InChI=1S/C10H17F3N2O/c1-7(14)2-5-9(16)15(8-3-4-8)6-10(11,12)13/h7-8H,2-6,14H2,1H3. The fourth-order valence-corrected chi connectivity index (χ4v) is 1.50. The summed E-state index contributed by atoms with van der Waals surface area (Å²) in [5.41, 5.74) is 5.47. The van der Waals surface area contributed by atoms with Crippen molar-refractivity contribution in [2.24, 2.45) is 5.73 Å². The second kappa shape index (κ2) is 5.03. The van der Waals surface area contributed by atoms with Crippen molar-refractivity contribution in [3.63, 3.8) is 0 Å². The van der Waals surface area contributed by atoms with Crippen LogP contribution in [0.1, 0.15) is 32.6 Å². The van der Waals surface area contributed by atoms with Crippen LogP contribution in [0, 0.1) is 0 Å². The van der Waals surface area contributed by atoms with E-state index in [9.17, 15) is 18.0 Å². The smallest absolute Gasteiger partial charge is 0.331 e. The van der Waals surface area contributed by atoms with E-state index in [0.29, 0.717) is 19.3 Å². The first-order chi connectivity index (χ1) is 7.29. The molecule has 0 aromatic heterocycles. The van der Waals surface area contributed by atoms with E-state index >= 15 is 0 Å². The van der Waals surface area contributed by atoms with Crippen LogP contribution >= 0.6 is 0 Å². The second-order valence-corrected chi connectivity index (χ2v) is 4.38. The molecule has 6 heteroatoms. The Morgan fingerprint density at radius 3 is 2.44 bits per heavy atom. The Balaban J connectivity index is 2.46. The van der Waals surface area contributed by atoms with E-state index in [4.69, 9.17) is 5.73 Å². The third-order valence-corrected chi connectivity index (χ3v) is 2.47. The zero-order valence-corrected chi connectivity index (χ0v) is 9.26. The van der Waals surface area contributed by atoms with Crippen molar-refractivity contribution in [2.45, 2.75) is 50.9 Å². The lowest BCUT2D eigenvalue weighted by Gasteiger charge is -2.24. The van der Waals surface area contributed by atoms with Crippen molar-refractivity contribution >= 4 is 5.91 Å². The maximum absolute atomic E-state index is 12.2. The van der Waals surface area contributed by atoms with Gasteiger partial charge in [0.2, 0.25) is 5.91 Å². The molecule has 0 aromatic rings. The zero-order valence-electron chi connectivity index (χ0n) is 9.26. The van der Waals surface area contributed by atoms with Crippen molar-refractivity contribution in [1.82, 2.24) is 4.90 Å². The molecule has 0 aliphatic heterocycles. The first-order valence-corrected chi connectivity index (χ1v) is 5.41. The summed E-state index contributed by atoms with van der Waals surface area (Å²) in [6, 6.07) is -0.363. The normalized spacial score (nSPS) is 18.3. The molecule has 0 saturated heterocycles. The van der Waals surface area contributed by atoms with Gasteiger partial charge in [-0.3, -0.25) is 4.79 Å². The van der Waals surface area contributed by atoms with Crippen LogP contribution in [-0.4, -0.2) is 35.6 Å². The van der Waals surface area contributed by atoms with Gasteiger partial charge in [-0.25, -0.2) is 0 Å². The summed E-state index contributed by atoms with van der Waals surface area (Å²) in [7, 11) is 0. The lowest BCUT2D eigenvalue weighted by Crippen LogP contribution is -2.40. The summed E-state index contributed by atoms with van der Waals surface area (Å²) >= 11 is 0. The summed E-state index contributed by atoms with van der Waals surface area (Å²) < 4.78 is 36.7. The molecular formula is C10H17F3N2O. The maximum atomic E-state index is 12.2. The number of nitrogens with zero attached hydrogens (tertiary/aromatic N) is 1. The van der Waals surface area contributed by atoms with E-state index in [-0.39, 0.29) is 18.5 Å². The monoisotopic (exact) mass is 238 g/mol. The van der Waals surface area contributed by atoms with Crippen molar-refractivity contribution < 1.29 is 18.0 Å². The highest BCUT2D eigenvalue weighted by Crippen LogP contribution is 2.30. The molecule has 1 aliphatic carbocycles. The van der Waals surface area contributed by atoms with Gasteiger partial charge in [0.25, 0.3) is 0 Å². The number of alkyl halides is 3. The summed E-state index contributed by atoms with van der Waals surface area (Å²) in [6.07, 6.45) is -2.42. The topological polar surface area (TPSA) is 46.3 Å². The molecule has 16 heavy (non-hydrogen) atoms. The first-order valence-electron chi connectivity index (χ1n) is 5.41. The van der Waals surface area contributed by atoms with Crippen LogP contribution in [0.15, 0.2) is 0 Å². The van der Waals surface area contributed by atoms with Gasteiger partial charge < -0.3 is 10.6 Å². The van der Waals surface area contributed by atoms with E-state index in [0.717, 1.165) is 4.90 Å². The van der Waals surface area contributed by atoms with E-state index in [1.807, 2.05) is 0 Å². The minimum absolute atomic E-state index is 0.101. The third-order valence-electron chi connectivity index (χ3n) is 2.47. The molecule has 1 amide bonds. The van der Waals surface area contributed by atoms with E-state index in [1.54, 1.807) is 6.92 Å². The fourth-order valence-electron chi connectivity index (χ4n) is 1.50. The predicted molar refractivity (Wildman–Crippen MR) is 53.7 cm³/mol. The molecule has 0 spiro atoms. The van der Waals surface area contributed by atoms with Crippen LogP contribution < -0.4 is 5.73 Å². The SMILES string of the molecule is CC(N)CCC(=O)N(CC(F)(F)F)C1CC1. The molecule has 1 atom stereocenters. The average Bonchev–Trinajstić information content (AvgIpc) is 2.91. The van der Waals surface area contributed by atoms with Crippen LogP contribution in [0.5, 0.6) is 0 Å². The lowest BCUT2D eigenvalue weighted by atomic mass is 10.2. The summed E-state index contributed by atoms with van der Waals surface area (Å²) in [6.45, 7) is 0.605. The third kappa shape index (κ3) is 4.83. The number of nitrogens with two attached hydrogens (primary N) is 1. The van der Waals surface area contributed by atoms with Crippen LogP contribution in [-0.2, 0) is 4.79 Å². The minimum atomic E-state index is -4.31. The van der Waals surface area contributed by atoms with E-state index < -0.39 is 18.6 Å². The van der Waals surface area contributed by atoms with Gasteiger partial charge in [-0.2, -0.15) is 13.2 Å². The van der Waals surface area contributed by atoms with E-state index in [1.165, 1.54) is 0 Å². The maximum Gasteiger partial charge on any atom is 0.406 e. The Bertz CT molecular complexity index is 249. The Hall–Kier alpha value is -0.780. The van der Waals surface area contributed by atoms with Crippen molar-refractivity contribution in [1.29, 1.82) is 0 Å². The Kier molecular flexibility index (Phi) is 4.18. The number of rotatable bonds is 5. The number of carbonyl (C=O) groups is 1. The molecule has 1 unspecified atom stereocenters. The first kappa shape index (κ1) is 13.3. The number of halogens is 3. The molecule has 1 saturated carbocycles. The molecule has 1 aliphatic rings. The molecule has 2 N–H and O–H groups in total. The number of carbonyl (C=O) groups excluding carboxylic acids is 1. The largest absolute Gasteiger partial charge is 0.406 e. The zero-order chi connectivity index (χ0) is 12.3. The predicted octanol–water partition coefficient (Wildman–Crippen LogP) is 1.67. The quantitative estimate of drug-likeness (QED) is 0.791. The summed E-state index contributed by atoms with van der Waals surface area (Å²) in [5.74, 6) is -0.433.